The van der Waals surface area contributed by atoms with E-state index in [1.54, 1.807) is 0 Å². The topological polar surface area (TPSA) is 86.9 Å². The molecule has 7 heteroatoms. The van der Waals surface area contributed by atoms with E-state index in [0.717, 1.165) is 27.6 Å². The summed E-state index contributed by atoms with van der Waals surface area (Å²) in [6.45, 7) is 4.04. The van der Waals surface area contributed by atoms with E-state index in [0.29, 0.717) is 22.3 Å². The van der Waals surface area contributed by atoms with Crippen molar-refractivity contribution in [1.29, 1.82) is 0 Å². The Morgan fingerprint density at radius 2 is 1.81 bits per heavy atom. The standard InChI is InChI=1S/C20H18N4O2S/c1-12-8-16-15(10-18(25)26-17(16)9-13(12)2)11-27-20-23-22-19(24(20)21)14-6-4-3-5-7-14/h3-10H,11,21H2,1-2H3. The smallest absolute Gasteiger partial charge is 0.336 e. The number of rotatable bonds is 4. The van der Waals surface area contributed by atoms with E-state index in [-0.39, 0.29) is 5.63 Å². The second kappa shape index (κ2) is 6.92. The third kappa shape index (κ3) is 3.33. The number of fused-ring (bicyclic) bond motifs is 1. The molecule has 0 bridgehead atoms. The summed E-state index contributed by atoms with van der Waals surface area (Å²) in [5.74, 6) is 7.31. The normalized spacial score (nSPS) is 11.2. The minimum absolute atomic E-state index is 0.361. The molecule has 0 saturated carbocycles. The monoisotopic (exact) mass is 378 g/mol. The van der Waals surface area contributed by atoms with Crippen LogP contribution in [-0.4, -0.2) is 14.9 Å². The lowest BCUT2D eigenvalue weighted by molar-refractivity contribution is 0.559. The fraction of sp³-hybridized carbons (Fsp3) is 0.150. The molecule has 0 aliphatic heterocycles. The summed E-state index contributed by atoms with van der Waals surface area (Å²) in [6, 6.07) is 15.1. The number of nitrogen functional groups attached to an aromatic ring is 1. The number of hydrogen-bond acceptors (Lipinski definition) is 6. The van der Waals surface area contributed by atoms with Crippen LogP contribution in [0, 0.1) is 13.8 Å². The average Bonchev–Trinajstić information content (AvgIpc) is 3.02. The molecule has 0 spiro atoms. The van der Waals surface area contributed by atoms with Gasteiger partial charge in [-0.15, -0.1) is 10.2 Å². The molecule has 0 radical (unpaired) electrons. The third-order valence-corrected chi connectivity index (χ3v) is 5.49. The van der Waals surface area contributed by atoms with Crippen LogP contribution in [0.3, 0.4) is 0 Å². The molecule has 2 N–H and O–H groups in total. The molecule has 4 rings (SSSR count). The molecule has 6 nitrogen and oxygen atoms in total. The predicted molar refractivity (Wildman–Crippen MR) is 107 cm³/mol. The maximum Gasteiger partial charge on any atom is 0.336 e. The van der Waals surface area contributed by atoms with E-state index < -0.39 is 0 Å². The summed E-state index contributed by atoms with van der Waals surface area (Å²) >= 11 is 1.43. The highest BCUT2D eigenvalue weighted by molar-refractivity contribution is 7.98. The Balaban J connectivity index is 1.66. The molecule has 0 unspecified atom stereocenters. The SMILES string of the molecule is Cc1cc2oc(=O)cc(CSc3nnc(-c4ccccc4)n3N)c2cc1C. The van der Waals surface area contributed by atoms with Crippen molar-refractivity contribution in [2.24, 2.45) is 0 Å². The highest BCUT2D eigenvalue weighted by Gasteiger charge is 2.14. The fourth-order valence-corrected chi connectivity index (χ4v) is 3.75. The second-order valence-corrected chi connectivity index (χ2v) is 7.30. The van der Waals surface area contributed by atoms with Crippen molar-refractivity contribution in [2.45, 2.75) is 24.8 Å². The van der Waals surface area contributed by atoms with Gasteiger partial charge in [-0.25, -0.2) is 9.47 Å². The zero-order chi connectivity index (χ0) is 19.0. The van der Waals surface area contributed by atoms with Gasteiger partial charge in [0.15, 0.2) is 5.82 Å². The zero-order valence-corrected chi connectivity index (χ0v) is 15.8. The van der Waals surface area contributed by atoms with Gasteiger partial charge in [0.1, 0.15) is 5.58 Å². The molecule has 2 heterocycles. The van der Waals surface area contributed by atoms with Crippen LogP contribution in [0.1, 0.15) is 16.7 Å². The van der Waals surface area contributed by atoms with Crippen LogP contribution in [-0.2, 0) is 5.75 Å². The Morgan fingerprint density at radius 3 is 2.59 bits per heavy atom. The Labute approximate surface area is 160 Å². The maximum atomic E-state index is 11.9. The highest BCUT2D eigenvalue weighted by Crippen LogP contribution is 2.28. The molecule has 0 amide bonds. The van der Waals surface area contributed by atoms with Crippen molar-refractivity contribution in [1.82, 2.24) is 14.9 Å². The van der Waals surface area contributed by atoms with Gasteiger partial charge < -0.3 is 10.3 Å². The highest BCUT2D eigenvalue weighted by atomic mass is 32.2. The maximum absolute atomic E-state index is 11.9. The van der Waals surface area contributed by atoms with Gasteiger partial charge >= 0.3 is 5.63 Å². The summed E-state index contributed by atoms with van der Waals surface area (Å²) in [4.78, 5) is 11.9. The second-order valence-electron chi connectivity index (χ2n) is 6.35. The fourth-order valence-electron chi connectivity index (χ4n) is 2.90. The third-order valence-electron chi connectivity index (χ3n) is 4.50. The van der Waals surface area contributed by atoms with Crippen LogP contribution in [0.15, 0.2) is 62.9 Å². The molecule has 27 heavy (non-hydrogen) atoms. The number of hydrogen-bond donors (Lipinski definition) is 1. The van der Waals surface area contributed by atoms with Crippen LogP contribution < -0.4 is 11.5 Å². The number of nitrogens with zero attached hydrogens (tertiary/aromatic N) is 3. The van der Waals surface area contributed by atoms with Gasteiger partial charge in [0.25, 0.3) is 0 Å². The van der Waals surface area contributed by atoms with E-state index >= 15 is 0 Å². The first kappa shape index (κ1) is 17.4. The molecule has 2 aromatic heterocycles. The number of nitrogens with two attached hydrogens (primary N) is 1. The van der Waals surface area contributed by atoms with E-state index in [1.165, 1.54) is 22.5 Å². The van der Waals surface area contributed by atoms with Crippen LogP contribution in [0.2, 0.25) is 0 Å². The average molecular weight is 378 g/mol. The predicted octanol–water partition coefficient (Wildman–Crippen LogP) is 3.67. The summed E-state index contributed by atoms with van der Waals surface area (Å²) in [6.07, 6.45) is 0. The number of benzene rings is 2. The summed E-state index contributed by atoms with van der Waals surface area (Å²) in [7, 11) is 0. The van der Waals surface area contributed by atoms with Gasteiger partial charge in [-0.1, -0.05) is 42.1 Å². The Kier molecular flexibility index (Phi) is 4.45. The van der Waals surface area contributed by atoms with Gasteiger partial charge in [-0.2, -0.15) is 0 Å². The van der Waals surface area contributed by atoms with Crippen LogP contribution in [0.5, 0.6) is 0 Å². The zero-order valence-electron chi connectivity index (χ0n) is 15.0. The molecule has 0 aliphatic carbocycles. The quantitative estimate of drug-likeness (QED) is 0.331. The molecule has 4 aromatic rings. The molecule has 0 atom stereocenters. The van der Waals surface area contributed by atoms with Gasteiger partial charge in [0.2, 0.25) is 5.16 Å². The Hall–Kier alpha value is -3.06. The minimum Gasteiger partial charge on any atom is -0.423 e. The van der Waals surface area contributed by atoms with E-state index in [4.69, 9.17) is 10.3 Å². The Morgan fingerprint density at radius 1 is 1.07 bits per heavy atom. The van der Waals surface area contributed by atoms with E-state index in [9.17, 15) is 4.79 Å². The van der Waals surface area contributed by atoms with E-state index in [1.807, 2.05) is 56.3 Å². The number of thioether (sulfide) groups is 1. The first-order valence-corrected chi connectivity index (χ1v) is 9.44. The van der Waals surface area contributed by atoms with Crippen LogP contribution in [0.25, 0.3) is 22.4 Å². The van der Waals surface area contributed by atoms with Gasteiger partial charge in [0.05, 0.1) is 0 Å². The number of aromatic nitrogens is 3. The van der Waals surface area contributed by atoms with Crippen LogP contribution >= 0.6 is 11.8 Å². The summed E-state index contributed by atoms with van der Waals surface area (Å²) in [5.41, 5.74) is 4.26. The molecule has 0 saturated heterocycles. The molecule has 0 aliphatic rings. The lowest BCUT2D eigenvalue weighted by Gasteiger charge is -2.08. The largest absolute Gasteiger partial charge is 0.423 e. The van der Waals surface area contributed by atoms with Gasteiger partial charge in [-0.05, 0) is 42.7 Å². The van der Waals surface area contributed by atoms with Crippen molar-refractivity contribution >= 4 is 22.7 Å². The number of aryl methyl sites for hydroxylation is 2. The minimum atomic E-state index is -0.361. The lowest BCUT2D eigenvalue weighted by Crippen LogP contribution is -2.11. The molecular formula is C20H18N4O2S. The molecule has 136 valence electrons. The summed E-state index contributed by atoms with van der Waals surface area (Å²) in [5, 5.41) is 9.89. The molecule has 2 aromatic carbocycles. The molecule has 0 fully saturated rings. The van der Waals surface area contributed by atoms with Crippen molar-refractivity contribution in [3.8, 4) is 11.4 Å². The van der Waals surface area contributed by atoms with Crippen molar-refractivity contribution in [2.75, 3.05) is 5.84 Å². The van der Waals surface area contributed by atoms with Gasteiger partial charge in [0, 0.05) is 22.8 Å². The Bertz CT molecular complexity index is 1180. The van der Waals surface area contributed by atoms with Crippen LogP contribution in [0.4, 0.5) is 0 Å². The van der Waals surface area contributed by atoms with Crippen molar-refractivity contribution in [3.63, 3.8) is 0 Å². The molecular weight excluding hydrogens is 360 g/mol. The van der Waals surface area contributed by atoms with E-state index in [2.05, 4.69) is 10.2 Å². The van der Waals surface area contributed by atoms with Crippen molar-refractivity contribution < 1.29 is 4.42 Å². The van der Waals surface area contributed by atoms with Crippen molar-refractivity contribution in [3.05, 3.63) is 75.6 Å². The first-order valence-electron chi connectivity index (χ1n) is 8.45. The lowest BCUT2D eigenvalue weighted by atomic mass is 10.0. The first-order chi connectivity index (χ1) is 13.0. The summed E-state index contributed by atoms with van der Waals surface area (Å²) < 4.78 is 6.83. The van der Waals surface area contributed by atoms with Gasteiger partial charge in [-0.3, -0.25) is 0 Å².